The molecule has 0 bridgehead atoms. The molecule has 0 aliphatic heterocycles. The lowest BCUT2D eigenvalue weighted by atomic mass is 10.2. The zero-order valence-corrected chi connectivity index (χ0v) is 13.2. The largest absolute Gasteiger partial charge is 0.447 e. The Labute approximate surface area is 136 Å². The minimum atomic E-state index is -4.00. The van der Waals surface area contributed by atoms with Crippen LogP contribution in [0.2, 0.25) is 0 Å². The third-order valence-corrected chi connectivity index (χ3v) is 4.70. The highest BCUT2D eigenvalue weighted by Crippen LogP contribution is 2.19. The Kier molecular flexibility index (Phi) is 3.96. The molecule has 1 atom stereocenters. The Balaban J connectivity index is 2.20. The SMILES string of the molecule is NO[S+]([O])(=O)c1ccc(-n2c(=S)[nH]c3ccccc3c2=O)cc1. The monoisotopic (exact) mass is 349 g/mol. The standard InChI is InChI=1S/C14H11N3O4S2/c15-21-23(19,20)10-7-5-9(6-8-10)17-13(18)11-3-1-2-4-12(11)16-14(17)22/h1-8H,15H2,(H,16,22)/q+1. The normalized spacial score (nSPS) is 13.8. The lowest BCUT2D eigenvalue weighted by Crippen LogP contribution is -2.21. The second kappa shape index (κ2) is 5.80. The summed E-state index contributed by atoms with van der Waals surface area (Å²) >= 11 is 5.22. The van der Waals surface area contributed by atoms with Crippen LogP contribution in [0.25, 0.3) is 16.6 Å². The molecule has 9 heteroatoms. The average Bonchev–Trinajstić information content (AvgIpc) is 2.55. The zero-order valence-electron chi connectivity index (χ0n) is 11.6. The lowest BCUT2D eigenvalue weighted by molar-refractivity contribution is 0.261. The molecule has 0 amide bonds. The minimum Gasteiger partial charge on any atom is -0.331 e. The molecular formula is C14H11N3O4S2+. The van der Waals surface area contributed by atoms with E-state index in [0.717, 1.165) is 0 Å². The van der Waals surface area contributed by atoms with E-state index in [0.29, 0.717) is 16.6 Å². The van der Waals surface area contributed by atoms with Crippen LogP contribution >= 0.6 is 12.2 Å². The van der Waals surface area contributed by atoms with Gasteiger partial charge in [0.15, 0.2) is 4.77 Å². The molecule has 7 nitrogen and oxygen atoms in total. The predicted octanol–water partition coefficient (Wildman–Crippen LogP) is 2.06. The van der Waals surface area contributed by atoms with Gasteiger partial charge in [0.05, 0.1) is 21.1 Å². The Hall–Kier alpha value is -2.17. The fourth-order valence-electron chi connectivity index (χ4n) is 2.21. The van der Waals surface area contributed by atoms with Gasteiger partial charge in [0.25, 0.3) is 5.56 Å². The van der Waals surface area contributed by atoms with Gasteiger partial charge in [-0.2, -0.15) is 5.90 Å². The molecule has 0 spiro atoms. The van der Waals surface area contributed by atoms with Gasteiger partial charge in [0, 0.05) is 12.1 Å². The number of aromatic nitrogens is 2. The molecule has 3 aromatic rings. The highest BCUT2D eigenvalue weighted by molar-refractivity contribution is 7.92. The van der Waals surface area contributed by atoms with E-state index >= 15 is 0 Å². The molecule has 0 saturated carbocycles. The third-order valence-electron chi connectivity index (χ3n) is 3.32. The summed E-state index contributed by atoms with van der Waals surface area (Å²) in [6.45, 7) is 0. The Morgan fingerprint density at radius 2 is 1.78 bits per heavy atom. The Morgan fingerprint density at radius 1 is 1.13 bits per heavy atom. The van der Waals surface area contributed by atoms with Gasteiger partial charge >= 0.3 is 10.5 Å². The van der Waals surface area contributed by atoms with Crippen molar-refractivity contribution in [3.63, 3.8) is 0 Å². The number of nitrogens with two attached hydrogens (primary N) is 1. The molecule has 1 radical (unpaired) electrons. The number of nitrogens with zero attached hydrogens (tertiary/aromatic N) is 1. The maximum Gasteiger partial charge on any atom is 0.447 e. The van der Waals surface area contributed by atoms with Gasteiger partial charge in [-0.05, 0) is 45.0 Å². The molecular weight excluding hydrogens is 338 g/mol. The third kappa shape index (κ3) is 2.76. The van der Waals surface area contributed by atoms with Crippen LogP contribution in [0.5, 0.6) is 0 Å². The Bertz CT molecular complexity index is 1040. The smallest absolute Gasteiger partial charge is 0.331 e. The maximum absolute atomic E-state index is 12.6. The van der Waals surface area contributed by atoms with Crippen LogP contribution in [0.3, 0.4) is 0 Å². The van der Waals surface area contributed by atoms with Crippen LogP contribution in [-0.4, -0.2) is 9.55 Å². The number of hydrogen-bond acceptors (Lipinski definition) is 5. The number of nitrogens with one attached hydrogen (secondary N) is 1. The molecule has 1 aromatic heterocycles. The van der Waals surface area contributed by atoms with Gasteiger partial charge < -0.3 is 4.98 Å². The maximum atomic E-state index is 12.6. The molecule has 0 aliphatic carbocycles. The number of H-pyrrole nitrogens is 1. The van der Waals surface area contributed by atoms with Crippen LogP contribution < -0.4 is 11.5 Å². The van der Waals surface area contributed by atoms with Crippen LogP contribution in [-0.2, 0) is 23.5 Å². The lowest BCUT2D eigenvalue weighted by Gasteiger charge is -2.08. The number of fused-ring (bicyclic) bond motifs is 1. The fraction of sp³-hybridized carbons (Fsp3) is 0. The van der Waals surface area contributed by atoms with E-state index < -0.39 is 10.5 Å². The van der Waals surface area contributed by atoms with E-state index in [2.05, 4.69) is 9.27 Å². The molecule has 3 N–H and O–H groups in total. The van der Waals surface area contributed by atoms with E-state index in [4.69, 9.17) is 18.1 Å². The first-order chi connectivity index (χ1) is 10.9. The average molecular weight is 349 g/mol. The van der Waals surface area contributed by atoms with Crippen molar-refractivity contribution in [3.05, 3.63) is 63.7 Å². The fourth-order valence-corrected chi connectivity index (χ4v) is 3.09. The summed E-state index contributed by atoms with van der Waals surface area (Å²) in [5.41, 5.74) is 0.766. The van der Waals surface area contributed by atoms with Gasteiger partial charge in [-0.25, -0.2) is 0 Å². The summed E-state index contributed by atoms with van der Waals surface area (Å²) in [4.78, 5) is 15.5. The quantitative estimate of drug-likeness (QED) is 0.427. The molecule has 2 aromatic carbocycles. The van der Waals surface area contributed by atoms with Gasteiger partial charge in [-0.15, -0.1) is 0 Å². The van der Waals surface area contributed by atoms with Gasteiger partial charge in [0.2, 0.25) is 4.90 Å². The van der Waals surface area contributed by atoms with E-state index in [-0.39, 0.29) is 15.2 Å². The van der Waals surface area contributed by atoms with Crippen molar-refractivity contribution in [3.8, 4) is 5.69 Å². The highest BCUT2D eigenvalue weighted by atomic mass is 32.3. The summed E-state index contributed by atoms with van der Waals surface area (Å²) in [7, 11) is -4.00. The molecule has 1 heterocycles. The molecule has 0 saturated heterocycles. The minimum absolute atomic E-state index is 0.118. The highest BCUT2D eigenvalue weighted by Gasteiger charge is 2.33. The molecule has 1 unspecified atom stereocenters. The summed E-state index contributed by atoms with van der Waals surface area (Å²) in [6, 6.07) is 12.5. The first kappa shape index (κ1) is 15.7. The van der Waals surface area contributed by atoms with Crippen molar-refractivity contribution in [1.29, 1.82) is 0 Å². The number of aromatic amines is 1. The summed E-state index contributed by atoms with van der Waals surface area (Å²) in [5.74, 6) is 4.73. The summed E-state index contributed by atoms with van der Waals surface area (Å²) in [6.07, 6.45) is 0. The predicted molar refractivity (Wildman–Crippen MR) is 87.0 cm³/mol. The van der Waals surface area contributed by atoms with Gasteiger partial charge in [-0.3, -0.25) is 9.36 Å². The molecule has 117 valence electrons. The summed E-state index contributed by atoms with van der Waals surface area (Å²) in [5, 5.41) is 0.475. The van der Waals surface area contributed by atoms with Crippen molar-refractivity contribution < 1.29 is 13.0 Å². The van der Waals surface area contributed by atoms with Crippen LogP contribution in [0, 0.1) is 4.77 Å². The molecule has 0 fully saturated rings. The van der Waals surface area contributed by atoms with Crippen molar-refractivity contribution in [1.82, 2.24) is 9.55 Å². The summed E-state index contributed by atoms with van der Waals surface area (Å²) < 4.78 is 28.5. The molecule has 3 rings (SSSR count). The molecule has 23 heavy (non-hydrogen) atoms. The van der Waals surface area contributed by atoms with Crippen molar-refractivity contribution in [2.24, 2.45) is 5.90 Å². The van der Waals surface area contributed by atoms with E-state index in [9.17, 15) is 13.6 Å². The van der Waals surface area contributed by atoms with E-state index in [1.165, 1.54) is 28.8 Å². The first-order valence-electron chi connectivity index (χ1n) is 6.42. The van der Waals surface area contributed by atoms with Crippen molar-refractivity contribution in [2.45, 2.75) is 4.90 Å². The Morgan fingerprint density at radius 3 is 2.43 bits per heavy atom. The number of hydrogen-bond donors (Lipinski definition) is 2. The zero-order chi connectivity index (χ0) is 16.6. The number of benzene rings is 2. The van der Waals surface area contributed by atoms with E-state index in [1.54, 1.807) is 24.3 Å². The van der Waals surface area contributed by atoms with Crippen LogP contribution in [0.1, 0.15) is 0 Å². The van der Waals surface area contributed by atoms with Crippen molar-refractivity contribution >= 4 is 33.6 Å². The topological polar surface area (TPSA) is 110 Å². The second-order valence-corrected chi connectivity index (χ2v) is 6.62. The van der Waals surface area contributed by atoms with Crippen LogP contribution in [0.4, 0.5) is 0 Å². The number of para-hydroxylation sites is 1. The van der Waals surface area contributed by atoms with Crippen LogP contribution in [0.15, 0.2) is 58.2 Å². The number of rotatable bonds is 3. The van der Waals surface area contributed by atoms with Gasteiger partial charge in [-0.1, -0.05) is 12.1 Å². The van der Waals surface area contributed by atoms with Crippen molar-refractivity contribution in [2.75, 3.05) is 0 Å². The van der Waals surface area contributed by atoms with Gasteiger partial charge in [0.1, 0.15) is 0 Å². The van der Waals surface area contributed by atoms with E-state index in [1.807, 2.05) is 0 Å². The molecule has 0 aliphatic rings. The first-order valence-corrected chi connectivity index (χ1v) is 8.23. The second-order valence-electron chi connectivity index (χ2n) is 4.66.